The summed E-state index contributed by atoms with van der Waals surface area (Å²) in [5.74, 6) is -4.02. The highest BCUT2D eigenvalue weighted by Crippen LogP contribution is 2.48. The molecule has 0 radical (unpaired) electrons. The Morgan fingerprint density at radius 3 is 1.62 bits per heavy atom. The Morgan fingerprint density at radius 2 is 1.04 bits per heavy atom. The lowest BCUT2D eigenvalue weighted by molar-refractivity contribution is -0.114. The van der Waals surface area contributed by atoms with Gasteiger partial charge in [0.2, 0.25) is 5.91 Å². The van der Waals surface area contributed by atoms with Gasteiger partial charge in [-0.15, -0.1) is 30.7 Å². The summed E-state index contributed by atoms with van der Waals surface area (Å²) in [6.07, 6.45) is 0. The highest BCUT2D eigenvalue weighted by atomic mass is 32.2. The van der Waals surface area contributed by atoms with Crippen LogP contribution in [0.2, 0.25) is 0 Å². The second kappa shape index (κ2) is 18.3. The van der Waals surface area contributed by atoms with Gasteiger partial charge in [-0.1, -0.05) is 18.2 Å². The number of aromatic hydroxyl groups is 3. The minimum Gasteiger partial charge on any atom is -0.507 e. The number of anilines is 1. The predicted molar refractivity (Wildman–Crippen MR) is 246 cm³/mol. The molecule has 0 saturated heterocycles. The molecule has 9 N–H and O–H groups in total. The van der Waals surface area contributed by atoms with Crippen molar-refractivity contribution in [3.63, 3.8) is 0 Å². The van der Waals surface area contributed by atoms with Crippen molar-refractivity contribution in [2.45, 2.75) is 31.4 Å². The van der Waals surface area contributed by atoms with Gasteiger partial charge in [0.1, 0.15) is 59.6 Å². The maximum Gasteiger partial charge on any atom is 0.298 e. The average molecular weight is 1080 g/mol. The number of nitrogens with zero attached hydrogens (tertiary/aromatic N) is 6. The molecule has 71 heavy (non-hydrogen) atoms. The summed E-state index contributed by atoms with van der Waals surface area (Å²) in [6, 6.07) is 13.2. The Bertz CT molecular complexity index is 4170. The van der Waals surface area contributed by atoms with Gasteiger partial charge in [-0.05, 0) is 60.7 Å². The van der Waals surface area contributed by atoms with Gasteiger partial charge in [0, 0.05) is 34.5 Å². The molecule has 0 aliphatic rings. The van der Waals surface area contributed by atoms with E-state index in [0.29, 0.717) is 18.2 Å². The van der Waals surface area contributed by atoms with E-state index in [2.05, 4.69) is 36.0 Å². The van der Waals surface area contributed by atoms with E-state index >= 15 is 0 Å². The number of phenols is 3. The van der Waals surface area contributed by atoms with E-state index in [0.717, 1.165) is 68.6 Å². The highest BCUT2D eigenvalue weighted by Gasteiger charge is 2.29. The summed E-state index contributed by atoms with van der Waals surface area (Å²) in [7, 11) is -24.7. The highest BCUT2D eigenvalue weighted by molar-refractivity contribution is 7.87. The predicted octanol–water partition coefficient (Wildman–Crippen LogP) is 7.71. The van der Waals surface area contributed by atoms with Crippen molar-refractivity contribution in [1.82, 2.24) is 0 Å². The number of nitrogens with one attached hydrogen (secondary N) is 1. The first-order valence-corrected chi connectivity index (χ1v) is 26.1. The Hall–Kier alpha value is -7.66. The van der Waals surface area contributed by atoms with Crippen LogP contribution in [0.15, 0.2) is 140 Å². The second-order valence-electron chi connectivity index (χ2n) is 14.5. The number of carbonyl (C=O) groups excluding carboxylic acids is 1. The minimum atomic E-state index is -5.37. The van der Waals surface area contributed by atoms with E-state index in [4.69, 9.17) is 4.74 Å². The van der Waals surface area contributed by atoms with Crippen molar-refractivity contribution in [1.29, 1.82) is 0 Å². The Morgan fingerprint density at radius 1 is 0.479 bits per heavy atom. The van der Waals surface area contributed by atoms with Crippen molar-refractivity contribution < 1.29 is 89.7 Å². The molecule has 7 rings (SSSR count). The quantitative estimate of drug-likeness (QED) is 0.0394. The number of rotatable bonds is 13. The van der Waals surface area contributed by atoms with Crippen molar-refractivity contribution in [2.75, 3.05) is 12.4 Å². The molecule has 0 aliphatic carbocycles. The molecule has 0 atom stereocenters. The monoisotopic (exact) mass is 1080 g/mol. The molecule has 0 saturated carbocycles. The number of azo groups is 3. The normalized spacial score (nSPS) is 13.1. The number of phenolic OH excluding ortho intramolecular Hbond substituents is 3. The molecular formula is C39H29N7O20S5. The number of hydrogen-bond donors (Lipinski definition) is 9. The van der Waals surface area contributed by atoms with Crippen LogP contribution in [0.3, 0.4) is 0 Å². The third-order valence-electron chi connectivity index (χ3n) is 9.94. The van der Waals surface area contributed by atoms with Crippen molar-refractivity contribution in [3.05, 3.63) is 84.9 Å². The van der Waals surface area contributed by atoms with Gasteiger partial charge in [0.05, 0.1) is 45.5 Å². The largest absolute Gasteiger partial charge is 0.507 e. The molecule has 7 aromatic carbocycles. The molecule has 370 valence electrons. The molecule has 0 spiro atoms. The molecule has 0 bridgehead atoms. The second-order valence-corrected chi connectivity index (χ2v) is 21.5. The van der Waals surface area contributed by atoms with E-state index < -0.39 is 131 Å². The van der Waals surface area contributed by atoms with E-state index in [9.17, 15) is 85.0 Å². The number of hydrogen-bond acceptors (Lipinski definition) is 21. The van der Waals surface area contributed by atoms with Crippen molar-refractivity contribution >= 4 is 129 Å². The molecule has 1 amide bonds. The fourth-order valence-electron chi connectivity index (χ4n) is 6.92. The van der Waals surface area contributed by atoms with Crippen LogP contribution in [-0.4, -0.2) is 93.2 Å². The van der Waals surface area contributed by atoms with Crippen molar-refractivity contribution in [3.8, 4) is 23.0 Å². The summed E-state index contributed by atoms with van der Waals surface area (Å²) < 4.78 is 177. The molecule has 32 heteroatoms. The van der Waals surface area contributed by atoms with Gasteiger partial charge in [-0.2, -0.15) is 42.1 Å². The number of amides is 1. The minimum absolute atomic E-state index is 0.0138. The van der Waals surface area contributed by atoms with Gasteiger partial charge in [0.15, 0.2) is 0 Å². The third-order valence-corrected chi connectivity index (χ3v) is 14.3. The zero-order chi connectivity index (χ0) is 52.3. The number of fused-ring (bicyclic) bond motifs is 3. The Labute approximate surface area is 398 Å². The van der Waals surface area contributed by atoms with E-state index in [1.165, 1.54) is 12.1 Å². The number of methoxy groups -OCH3 is 1. The van der Waals surface area contributed by atoms with E-state index in [-0.39, 0.29) is 45.0 Å². The lowest BCUT2D eigenvalue weighted by atomic mass is 10.1. The lowest BCUT2D eigenvalue weighted by Crippen LogP contribution is -2.06. The maximum atomic E-state index is 12.5. The maximum absolute atomic E-state index is 12.5. The van der Waals surface area contributed by atoms with Gasteiger partial charge < -0.3 is 25.4 Å². The standard InChI is InChI=1S/C39H29N7O20S5/c1-17(47)40-25-13-27(30(66-2)14-26(25)43-46-37-33(70(60,61)62)16-32(69(57,58)59)20-4-3-5-29(48)36(20)37)44-41-23-9-10-24(22-12-18(67(51,52)53)6-7-19(22)23)42-45-28-15-34(71(63,64)65)38(49)21-8-11-31(68(54,55)56)39(50)35(21)28/h3-16,48-50H,1-2H3,(H,40,47)(H,51,52,53)(H,54,55,56)(H,57,58,59)(H,60,61,62)(H,63,64,65). The molecular weight excluding hydrogens is 1050 g/mol. The summed E-state index contributed by atoms with van der Waals surface area (Å²) in [6.45, 7) is 1.09. The van der Waals surface area contributed by atoms with Crippen LogP contribution in [0.25, 0.3) is 32.3 Å². The molecule has 7 aromatic rings. The third kappa shape index (κ3) is 10.3. The molecule has 0 fully saturated rings. The van der Waals surface area contributed by atoms with Gasteiger partial charge in [-0.3, -0.25) is 27.6 Å². The van der Waals surface area contributed by atoms with Gasteiger partial charge in [-0.25, -0.2) is 0 Å². The van der Waals surface area contributed by atoms with E-state index in [1.54, 1.807) is 0 Å². The fraction of sp³-hybridized carbons (Fsp3) is 0.0513. The van der Waals surface area contributed by atoms with Crippen LogP contribution >= 0.6 is 0 Å². The molecule has 27 nitrogen and oxygen atoms in total. The number of carbonyl (C=O) groups is 1. The number of ether oxygens (including phenoxy) is 1. The summed E-state index contributed by atoms with van der Waals surface area (Å²) >= 11 is 0. The summed E-state index contributed by atoms with van der Waals surface area (Å²) in [5.41, 5.74) is -2.56. The van der Waals surface area contributed by atoms with Crippen LogP contribution in [-0.2, 0) is 55.4 Å². The first-order chi connectivity index (χ1) is 32.9. The topological polar surface area (TPSA) is 445 Å². The SMILES string of the molecule is COc1cc(N=Nc2c(S(=O)(=O)O)cc(S(=O)(=O)O)c3cccc(O)c23)c(NC(C)=O)cc1N=Nc1ccc(N=Nc2cc(S(=O)(=O)O)c(O)c3ccc(S(=O)(=O)O)c(O)c23)c2cc(S(=O)(=O)O)ccc12. The lowest BCUT2D eigenvalue weighted by Gasteiger charge is -2.13. The van der Waals surface area contributed by atoms with Crippen LogP contribution in [0.1, 0.15) is 6.92 Å². The molecule has 0 heterocycles. The van der Waals surface area contributed by atoms with Crippen LogP contribution in [0.4, 0.5) is 39.8 Å². The zero-order valence-electron chi connectivity index (χ0n) is 35.3. The molecule has 0 aliphatic heterocycles. The van der Waals surface area contributed by atoms with Crippen LogP contribution < -0.4 is 10.1 Å². The first kappa shape index (κ1) is 51.2. The van der Waals surface area contributed by atoms with Gasteiger partial charge in [0.25, 0.3) is 50.6 Å². The van der Waals surface area contributed by atoms with Crippen molar-refractivity contribution in [2.24, 2.45) is 30.7 Å². The molecule has 0 unspecified atom stereocenters. The van der Waals surface area contributed by atoms with Gasteiger partial charge >= 0.3 is 0 Å². The first-order valence-electron chi connectivity index (χ1n) is 18.9. The summed E-state index contributed by atoms with van der Waals surface area (Å²) in [4.78, 5) is 7.19. The van der Waals surface area contributed by atoms with Crippen LogP contribution in [0, 0.1) is 0 Å². The molecule has 0 aromatic heterocycles. The Balaban J connectivity index is 1.38. The van der Waals surface area contributed by atoms with E-state index in [1.807, 2.05) is 0 Å². The fourth-order valence-corrected chi connectivity index (χ4v) is 10.1. The smallest absolute Gasteiger partial charge is 0.298 e. The Kier molecular flexibility index (Phi) is 13.2. The number of benzene rings is 7. The summed E-state index contributed by atoms with van der Waals surface area (Å²) in [5, 5.41) is 56.5. The zero-order valence-corrected chi connectivity index (χ0v) is 39.4. The average Bonchev–Trinajstić information content (AvgIpc) is 3.25. The van der Waals surface area contributed by atoms with Crippen LogP contribution in [0.5, 0.6) is 23.0 Å².